The van der Waals surface area contributed by atoms with Crippen molar-refractivity contribution in [2.75, 3.05) is 17.7 Å². The summed E-state index contributed by atoms with van der Waals surface area (Å²) in [6.45, 7) is 2.79. The van der Waals surface area contributed by atoms with Crippen molar-refractivity contribution in [3.05, 3.63) is 51.5 Å². The van der Waals surface area contributed by atoms with E-state index in [1.54, 1.807) is 6.07 Å². The summed E-state index contributed by atoms with van der Waals surface area (Å²) in [4.78, 5) is 6.19. The fourth-order valence-corrected chi connectivity index (χ4v) is 2.36. The van der Waals surface area contributed by atoms with Crippen LogP contribution in [0.3, 0.4) is 0 Å². The van der Waals surface area contributed by atoms with Crippen molar-refractivity contribution in [3.8, 4) is 0 Å². The third-order valence-corrected chi connectivity index (χ3v) is 3.55. The van der Waals surface area contributed by atoms with E-state index in [9.17, 15) is 0 Å². The Hall–Kier alpha value is -1.45. The maximum absolute atomic E-state index is 6.16. The summed E-state index contributed by atoms with van der Waals surface area (Å²) in [5.74, 6) is 0.921. The molecule has 2 rings (SSSR count). The van der Waals surface area contributed by atoms with Crippen molar-refractivity contribution < 1.29 is 0 Å². The maximum Gasteiger partial charge on any atom is 0.149 e. The molecule has 19 heavy (non-hydrogen) atoms. The van der Waals surface area contributed by atoms with Crippen LogP contribution in [0.15, 0.2) is 30.3 Å². The highest BCUT2D eigenvalue weighted by atomic mass is 35.5. The number of aromatic nitrogens is 1. The quantitative estimate of drug-likeness (QED) is 0.933. The summed E-state index contributed by atoms with van der Waals surface area (Å²) in [7, 11) is 1.92. The largest absolute Gasteiger partial charge is 0.382 e. The van der Waals surface area contributed by atoms with Gasteiger partial charge in [0.2, 0.25) is 0 Å². The average Bonchev–Trinajstić information content (AvgIpc) is 2.36. The lowest BCUT2D eigenvalue weighted by Gasteiger charge is -2.21. The Balaban J connectivity index is 2.28. The Morgan fingerprint density at radius 2 is 1.89 bits per heavy atom. The van der Waals surface area contributed by atoms with E-state index in [2.05, 4.69) is 24.0 Å². The zero-order valence-corrected chi connectivity index (χ0v) is 12.3. The van der Waals surface area contributed by atoms with Crippen molar-refractivity contribution in [2.24, 2.45) is 0 Å². The first kappa shape index (κ1) is 14.0. The molecule has 0 amide bonds. The van der Waals surface area contributed by atoms with Crippen LogP contribution in [0.25, 0.3) is 0 Å². The number of nitrogens with zero attached hydrogens (tertiary/aromatic N) is 2. The van der Waals surface area contributed by atoms with Crippen molar-refractivity contribution in [3.63, 3.8) is 0 Å². The number of pyridine rings is 1. The lowest BCUT2D eigenvalue weighted by Crippen LogP contribution is -2.19. The third-order valence-electron chi connectivity index (χ3n) is 2.97. The zero-order valence-electron chi connectivity index (χ0n) is 10.8. The van der Waals surface area contributed by atoms with E-state index in [1.165, 1.54) is 11.1 Å². The van der Waals surface area contributed by atoms with E-state index in [-0.39, 0.29) is 5.82 Å². The minimum atomic E-state index is 0.290. The van der Waals surface area contributed by atoms with E-state index < -0.39 is 0 Å². The molecule has 0 aliphatic rings. The summed E-state index contributed by atoms with van der Waals surface area (Å²) < 4.78 is 0. The summed E-state index contributed by atoms with van der Waals surface area (Å²) in [6, 6.07) is 9.81. The van der Waals surface area contributed by atoms with Crippen LogP contribution < -0.4 is 10.6 Å². The van der Waals surface area contributed by atoms with Crippen molar-refractivity contribution in [2.45, 2.75) is 13.5 Å². The van der Waals surface area contributed by atoms with Crippen LogP contribution in [-0.2, 0) is 6.54 Å². The average molecular weight is 296 g/mol. The van der Waals surface area contributed by atoms with Crippen molar-refractivity contribution in [1.29, 1.82) is 0 Å². The molecule has 2 aromatic rings. The number of nitrogen functional groups attached to an aromatic ring is 1. The lowest BCUT2D eigenvalue weighted by atomic mass is 10.1. The standard InChI is InChI=1S/C14H15Cl2N3/c1-9-5-3-4-6-10(9)8-19(2)14-12(16)7-11(15)13(17)18-14/h3-7H,8H2,1-2H3,(H2,17,18). The van der Waals surface area contributed by atoms with Gasteiger partial charge in [-0.15, -0.1) is 0 Å². The number of aryl methyl sites for hydroxylation is 1. The fourth-order valence-electron chi connectivity index (χ4n) is 1.86. The van der Waals surface area contributed by atoms with Crippen LogP contribution in [0, 0.1) is 6.92 Å². The molecular formula is C14H15Cl2N3. The molecule has 0 atom stereocenters. The molecule has 0 fully saturated rings. The van der Waals surface area contributed by atoms with Gasteiger partial charge >= 0.3 is 0 Å². The van der Waals surface area contributed by atoms with Gasteiger partial charge in [-0.25, -0.2) is 4.98 Å². The molecule has 100 valence electrons. The highest BCUT2D eigenvalue weighted by Gasteiger charge is 2.12. The molecule has 3 nitrogen and oxygen atoms in total. The Bertz CT molecular complexity index is 599. The number of nitrogens with two attached hydrogens (primary N) is 1. The number of halogens is 2. The first-order chi connectivity index (χ1) is 8.99. The summed E-state index contributed by atoms with van der Waals surface area (Å²) in [5, 5.41) is 0.869. The molecule has 0 saturated carbocycles. The van der Waals surface area contributed by atoms with Gasteiger partial charge in [0, 0.05) is 13.6 Å². The highest BCUT2D eigenvalue weighted by molar-refractivity contribution is 6.37. The zero-order chi connectivity index (χ0) is 14.0. The Labute approximate surface area is 123 Å². The predicted octanol–water partition coefficient (Wildman–Crippen LogP) is 3.92. The van der Waals surface area contributed by atoms with Gasteiger partial charge in [-0.05, 0) is 24.1 Å². The third kappa shape index (κ3) is 3.11. The molecule has 0 bridgehead atoms. The summed E-state index contributed by atoms with van der Waals surface area (Å²) in [6.07, 6.45) is 0. The molecular weight excluding hydrogens is 281 g/mol. The van der Waals surface area contributed by atoms with Gasteiger partial charge < -0.3 is 10.6 Å². The summed E-state index contributed by atoms with van der Waals surface area (Å²) >= 11 is 12.0. The highest BCUT2D eigenvalue weighted by Crippen LogP contribution is 2.30. The first-order valence-corrected chi connectivity index (χ1v) is 6.62. The van der Waals surface area contributed by atoms with Crippen LogP contribution in [-0.4, -0.2) is 12.0 Å². The smallest absolute Gasteiger partial charge is 0.149 e. The molecule has 2 N–H and O–H groups in total. The molecule has 1 aromatic heterocycles. The van der Waals surface area contributed by atoms with E-state index in [0.29, 0.717) is 22.4 Å². The Morgan fingerprint density at radius 1 is 1.21 bits per heavy atom. The molecule has 0 aliphatic heterocycles. The monoisotopic (exact) mass is 295 g/mol. The molecule has 1 aromatic carbocycles. The van der Waals surface area contributed by atoms with E-state index in [4.69, 9.17) is 28.9 Å². The minimum absolute atomic E-state index is 0.290. The van der Waals surface area contributed by atoms with Gasteiger partial charge in [-0.3, -0.25) is 0 Å². The molecule has 0 spiro atoms. The second-order valence-electron chi connectivity index (χ2n) is 4.44. The van der Waals surface area contributed by atoms with Crippen molar-refractivity contribution >= 4 is 34.8 Å². The molecule has 0 saturated heterocycles. The second-order valence-corrected chi connectivity index (χ2v) is 5.26. The summed E-state index contributed by atoms with van der Waals surface area (Å²) in [5.41, 5.74) is 8.17. The van der Waals surface area contributed by atoms with Gasteiger partial charge in [0.15, 0.2) is 0 Å². The Kier molecular flexibility index (Phi) is 4.17. The molecule has 1 heterocycles. The Morgan fingerprint density at radius 3 is 2.58 bits per heavy atom. The van der Waals surface area contributed by atoms with E-state index in [0.717, 1.165) is 0 Å². The first-order valence-electron chi connectivity index (χ1n) is 5.86. The molecule has 5 heteroatoms. The normalized spacial score (nSPS) is 10.5. The number of rotatable bonds is 3. The van der Waals surface area contributed by atoms with Gasteiger partial charge in [-0.1, -0.05) is 47.5 Å². The number of benzene rings is 1. The van der Waals surface area contributed by atoms with E-state index in [1.807, 2.05) is 24.1 Å². The number of anilines is 2. The second kappa shape index (κ2) is 5.68. The maximum atomic E-state index is 6.16. The van der Waals surface area contributed by atoms with Gasteiger partial charge in [0.05, 0.1) is 10.0 Å². The number of hydrogen-bond donors (Lipinski definition) is 1. The van der Waals surface area contributed by atoms with Gasteiger partial charge in [0.1, 0.15) is 11.6 Å². The van der Waals surface area contributed by atoms with Crippen LogP contribution in [0.1, 0.15) is 11.1 Å². The van der Waals surface area contributed by atoms with Crippen LogP contribution in [0.4, 0.5) is 11.6 Å². The SMILES string of the molecule is Cc1ccccc1CN(C)c1nc(N)c(Cl)cc1Cl. The lowest BCUT2D eigenvalue weighted by molar-refractivity contribution is 0.892. The van der Waals surface area contributed by atoms with E-state index >= 15 is 0 Å². The van der Waals surface area contributed by atoms with Crippen LogP contribution in [0.5, 0.6) is 0 Å². The van der Waals surface area contributed by atoms with Gasteiger partial charge in [-0.2, -0.15) is 0 Å². The van der Waals surface area contributed by atoms with Crippen LogP contribution in [0.2, 0.25) is 10.0 Å². The topological polar surface area (TPSA) is 42.2 Å². The number of hydrogen-bond acceptors (Lipinski definition) is 3. The van der Waals surface area contributed by atoms with Crippen LogP contribution >= 0.6 is 23.2 Å². The van der Waals surface area contributed by atoms with Crippen molar-refractivity contribution in [1.82, 2.24) is 4.98 Å². The minimum Gasteiger partial charge on any atom is -0.382 e. The molecule has 0 aliphatic carbocycles. The van der Waals surface area contributed by atoms with Gasteiger partial charge in [0.25, 0.3) is 0 Å². The molecule has 0 unspecified atom stereocenters. The molecule has 0 radical (unpaired) electrons. The predicted molar refractivity (Wildman–Crippen MR) is 82.0 cm³/mol. The fraction of sp³-hybridized carbons (Fsp3) is 0.214.